The van der Waals surface area contributed by atoms with E-state index in [0.717, 1.165) is 48.5 Å². The van der Waals surface area contributed by atoms with Crippen LogP contribution >= 0.6 is 11.6 Å². The Kier molecular flexibility index (Phi) is 5.09. The molecule has 6 heteroatoms. The van der Waals surface area contributed by atoms with Crippen molar-refractivity contribution in [3.8, 4) is 17.2 Å². The summed E-state index contributed by atoms with van der Waals surface area (Å²) >= 11 is 5.98. The molecule has 4 rings (SSSR count). The summed E-state index contributed by atoms with van der Waals surface area (Å²) in [4.78, 5) is 4.87. The third-order valence-corrected chi connectivity index (χ3v) is 5.22. The lowest BCUT2D eigenvalue weighted by Crippen LogP contribution is -2.51. The Bertz CT molecular complexity index is 745. The van der Waals surface area contributed by atoms with Crippen LogP contribution in [-0.4, -0.2) is 50.5 Å². The first-order valence-corrected chi connectivity index (χ1v) is 9.34. The maximum atomic E-state index is 5.98. The highest BCUT2D eigenvalue weighted by Crippen LogP contribution is 2.35. The van der Waals surface area contributed by atoms with Gasteiger partial charge in [-0.25, -0.2) is 0 Å². The van der Waals surface area contributed by atoms with Crippen LogP contribution in [0.2, 0.25) is 5.02 Å². The van der Waals surface area contributed by atoms with Gasteiger partial charge in [0.1, 0.15) is 12.4 Å². The summed E-state index contributed by atoms with van der Waals surface area (Å²) in [7, 11) is 0. The van der Waals surface area contributed by atoms with Crippen LogP contribution in [0.3, 0.4) is 0 Å². The lowest BCUT2D eigenvalue weighted by Gasteiger charge is -2.39. The van der Waals surface area contributed by atoms with Gasteiger partial charge in [0.25, 0.3) is 0 Å². The molecule has 0 N–H and O–H groups in total. The number of halogens is 1. The molecule has 0 saturated carbocycles. The van der Waals surface area contributed by atoms with Crippen molar-refractivity contribution in [2.45, 2.75) is 13.0 Å². The SMILES string of the molecule is CC(COc1ccc2c(c1)OCO2)N1CCN(c2ccc(Cl)cc2)CC1. The van der Waals surface area contributed by atoms with E-state index in [1.807, 2.05) is 30.3 Å². The number of nitrogens with zero attached hydrogens (tertiary/aromatic N) is 2. The van der Waals surface area contributed by atoms with Gasteiger partial charge in [0.05, 0.1) is 0 Å². The molecule has 1 saturated heterocycles. The standard InChI is InChI=1S/C20H23ClN2O3/c1-15(13-24-18-6-7-19-20(12-18)26-14-25-19)22-8-10-23(11-9-22)17-4-2-16(21)3-5-17/h2-7,12,15H,8-11,13-14H2,1H3. The number of ether oxygens (including phenoxy) is 3. The van der Waals surface area contributed by atoms with Crippen LogP contribution in [0, 0.1) is 0 Å². The third kappa shape index (κ3) is 3.84. The van der Waals surface area contributed by atoms with Crippen molar-refractivity contribution < 1.29 is 14.2 Å². The van der Waals surface area contributed by atoms with E-state index in [9.17, 15) is 0 Å². The van der Waals surface area contributed by atoms with Crippen molar-refractivity contribution in [1.29, 1.82) is 0 Å². The normalized spacial score (nSPS) is 18.0. The minimum Gasteiger partial charge on any atom is -0.492 e. The van der Waals surface area contributed by atoms with Gasteiger partial charge in [0.15, 0.2) is 11.5 Å². The molecule has 5 nitrogen and oxygen atoms in total. The number of anilines is 1. The molecule has 2 heterocycles. The summed E-state index contributed by atoms with van der Waals surface area (Å²) in [6.07, 6.45) is 0. The van der Waals surface area contributed by atoms with E-state index in [1.54, 1.807) is 0 Å². The average Bonchev–Trinajstić information content (AvgIpc) is 3.15. The molecule has 0 aliphatic carbocycles. The van der Waals surface area contributed by atoms with Crippen LogP contribution in [-0.2, 0) is 0 Å². The molecule has 138 valence electrons. The van der Waals surface area contributed by atoms with Gasteiger partial charge in [-0.1, -0.05) is 11.6 Å². The first-order valence-electron chi connectivity index (χ1n) is 8.96. The van der Waals surface area contributed by atoms with Gasteiger partial charge in [-0.3, -0.25) is 4.90 Å². The van der Waals surface area contributed by atoms with Crippen molar-refractivity contribution >= 4 is 17.3 Å². The molecule has 1 unspecified atom stereocenters. The summed E-state index contributed by atoms with van der Waals surface area (Å²) in [5.41, 5.74) is 1.23. The quantitative estimate of drug-likeness (QED) is 0.797. The number of hydrogen-bond acceptors (Lipinski definition) is 5. The van der Waals surface area contributed by atoms with Crippen molar-refractivity contribution in [1.82, 2.24) is 4.90 Å². The van der Waals surface area contributed by atoms with Gasteiger partial charge < -0.3 is 19.1 Å². The minimum atomic E-state index is 0.285. The van der Waals surface area contributed by atoms with Crippen molar-refractivity contribution in [2.75, 3.05) is 44.5 Å². The monoisotopic (exact) mass is 374 g/mol. The number of benzene rings is 2. The molecule has 0 spiro atoms. The molecule has 0 bridgehead atoms. The van der Waals surface area contributed by atoms with Crippen LogP contribution in [0.15, 0.2) is 42.5 Å². The highest BCUT2D eigenvalue weighted by Gasteiger charge is 2.22. The summed E-state index contributed by atoms with van der Waals surface area (Å²) < 4.78 is 16.7. The second-order valence-corrected chi connectivity index (χ2v) is 7.11. The Morgan fingerprint density at radius 1 is 1.00 bits per heavy atom. The van der Waals surface area contributed by atoms with Gasteiger partial charge >= 0.3 is 0 Å². The zero-order chi connectivity index (χ0) is 17.9. The highest BCUT2D eigenvalue weighted by atomic mass is 35.5. The Balaban J connectivity index is 1.27. The van der Waals surface area contributed by atoms with E-state index in [2.05, 4.69) is 28.9 Å². The van der Waals surface area contributed by atoms with Gasteiger partial charge in [-0.2, -0.15) is 0 Å². The predicted octanol–water partition coefficient (Wildman–Crippen LogP) is 3.66. The van der Waals surface area contributed by atoms with Crippen molar-refractivity contribution in [2.24, 2.45) is 0 Å². The maximum Gasteiger partial charge on any atom is 0.231 e. The first kappa shape index (κ1) is 17.3. The Hall–Kier alpha value is -2.11. The molecule has 1 fully saturated rings. The topological polar surface area (TPSA) is 34.2 Å². The molecular formula is C20H23ClN2O3. The molecule has 0 aromatic heterocycles. The molecule has 0 amide bonds. The largest absolute Gasteiger partial charge is 0.492 e. The van der Waals surface area contributed by atoms with E-state index in [0.29, 0.717) is 12.6 Å². The second-order valence-electron chi connectivity index (χ2n) is 6.67. The average molecular weight is 375 g/mol. The molecular weight excluding hydrogens is 352 g/mol. The molecule has 2 aliphatic heterocycles. The van der Waals surface area contributed by atoms with E-state index in [-0.39, 0.29) is 6.79 Å². The predicted molar refractivity (Wildman–Crippen MR) is 103 cm³/mol. The van der Waals surface area contributed by atoms with Crippen LogP contribution in [0.4, 0.5) is 5.69 Å². The fraction of sp³-hybridized carbons (Fsp3) is 0.400. The Morgan fingerprint density at radius 2 is 1.73 bits per heavy atom. The van der Waals surface area contributed by atoms with Crippen LogP contribution < -0.4 is 19.1 Å². The molecule has 0 radical (unpaired) electrons. The molecule has 1 atom stereocenters. The van der Waals surface area contributed by atoms with E-state index < -0.39 is 0 Å². The van der Waals surface area contributed by atoms with E-state index in [1.165, 1.54) is 5.69 Å². The minimum absolute atomic E-state index is 0.285. The van der Waals surface area contributed by atoms with Crippen LogP contribution in [0.1, 0.15) is 6.92 Å². The van der Waals surface area contributed by atoms with Crippen LogP contribution in [0.25, 0.3) is 0 Å². The fourth-order valence-electron chi connectivity index (χ4n) is 3.36. The smallest absolute Gasteiger partial charge is 0.231 e. The number of piperazine rings is 1. The first-order chi connectivity index (χ1) is 12.7. The van der Waals surface area contributed by atoms with Crippen LogP contribution in [0.5, 0.6) is 17.2 Å². The molecule has 26 heavy (non-hydrogen) atoms. The van der Waals surface area contributed by atoms with E-state index >= 15 is 0 Å². The summed E-state index contributed by atoms with van der Waals surface area (Å²) in [5.74, 6) is 2.36. The van der Waals surface area contributed by atoms with Crippen molar-refractivity contribution in [3.63, 3.8) is 0 Å². The zero-order valence-electron chi connectivity index (χ0n) is 14.9. The lowest BCUT2D eigenvalue weighted by molar-refractivity contribution is 0.139. The molecule has 2 aliphatic rings. The van der Waals surface area contributed by atoms with E-state index in [4.69, 9.17) is 25.8 Å². The van der Waals surface area contributed by atoms with Crippen molar-refractivity contribution in [3.05, 3.63) is 47.5 Å². The summed E-state index contributed by atoms with van der Waals surface area (Å²) in [5, 5.41) is 0.779. The molecule has 2 aromatic rings. The molecule has 2 aromatic carbocycles. The number of hydrogen-bond donors (Lipinski definition) is 0. The van der Waals surface area contributed by atoms with Gasteiger partial charge in [-0.15, -0.1) is 0 Å². The Morgan fingerprint density at radius 3 is 2.50 bits per heavy atom. The fourth-order valence-corrected chi connectivity index (χ4v) is 3.49. The summed E-state index contributed by atoms with van der Waals surface area (Å²) in [6, 6.07) is 14.2. The lowest BCUT2D eigenvalue weighted by atomic mass is 10.2. The maximum absolute atomic E-state index is 5.98. The second kappa shape index (κ2) is 7.64. The number of fused-ring (bicyclic) bond motifs is 1. The van der Waals surface area contributed by atoms with Gasteiger partial charge in [-0.05, 0) is 43.3 Å². The van der Waals surface area contributed by atoms with Gasteiger partial charge in [0.2, 0.25) is 6.79 Å². The Labute approximate surface area is 159 Å². The summed E-state index contributed by atoms with van der Waals surface area (Å²) in [6.45, 7) is 7.22. The van der Waals surface area contributed by atoms with Gasteiger partial charge in [0, 0.05) is 49.0 Å². The zero-order valence-corrected chi connectivity index (χ0v) is 15.6. The highest BCUT2D eigenvalue weighted by molar-refractivity contribution is 6.30. The third-order valence-electron chi connectivity index (χ3n) is 4.96. The number of rotatable bonds is 5.